The fraction of sp³-hybridized carbons (Fsp3) is 0.200. The molecule has 0 aliphatic carbocycles. The van der Waals surface area contributed by atoms with Gasteiger partial charge < -0.3 is 10.1 Å². The molecule has 0 bridgehead atoms. The van der Waals surface area contributed by atoms with E-state index in [0.29, 0.717) is 11.7 Å². The number of phenolic OH excluding ortho intramolecular Hbond substituents is 1. The van der Waals surface area contributed by atoms with Crippen LogP contribution in [0.15, 0.2) is 36.4 Å². The fourth-order valence-electron chi connectivity index (χ4n) is 2.26. The first-order valence-electron chi connectivity index (χ1n) is 5.89. The van der Waals surface area contributed by atoms with E-state index in [1.807, 2.05) is 12.1 Å². The molecule has 0 fully saturated rings. The van der Waals surface area contributed by atoms with Crippen molar-refractivity contribution < 1.29 is 5.11 Å². The normalized spacial score (nSPS) is 11.7. The number of aromatic hydroxyl groups is 1. The second-order valence-electron chi connectivity index (χ2n) is 4.81. The molecule has 2 nitrogen and oxygen atoms in total. The second-order valence-corrected chi connectivity index (χ2v) is 4.81. The van der Waals surface area contributed by atoms with Gasteiger partial charge in [0.25, 0.3) is 0 Å². The Morgan fingerprint density at radius 3 is 2.29 bits per heavy atom. The number of H-pyrrole nitrogens is 1. The smallest absolute Gasteiger partial charge is 0.116 e. The third kappa shape index (κ3) is 1.57. The summed E-state index contributed by atoms with van der Waals surface area (Å²) in [5.41, 5.74) is 3.51. The van der Waals surface area contributed by atoms with E-state index in [1.54, 1.807) is 6.07 Å². The van der Waals surface area contributed by atoms with Gasteiger partial charge in [-0.25, -0.2) is 0 Å². The molecule has 3 rings (SSSR count). The Balaban J connectivity index is 2.39. The van der Waals surface area contributed by atoms with E-state index in [-0.39, 0.29) is 0 Å². The Morgan fingerprint density at radius 1 is 0.941 bits per heavy atom. The molecule has 0 radical (unpaired) electrons. The number of aromatic nitrogens is 1. The largest absolute Gasteiger partial charge is 0.508 e. The summed E-state index contributed by atoms with van der Waals surface area (Å²) < 4.78 is 0. The van der Waals surface area contributed by atoms with E-state index in [4.69, 9.17) is 0 Å². The molecule has 0 aliphatic rings. The Labute approximate surface area is 99.9 Å². The van der Waals surface area contributed by atoms with Crippen molar-refractivity contribution in [2.75, 3.05) is 0 Å². The summed E-state index contributed by atoms with van der Waals surface area (Å²) in [4.78, 5) is 3.36. The molecular weight excluding hydrogens is 210 g/mol. The Kier molecular flexibility index (Phi) is 2.11. The van der Waals surface area contributed by atoms with Crippen LogP contribution in [0, 0.1) is 0 Å². The maximum absolute atomic E-state index is 9.57. The summed E-state index contributed by atoms with van der Waals surface area (Å²) in [5.74, 6) is 0.829. The van der Waals surface area contributed by atoms with E-state index < -0.39 is 0 Å². The number of hydrogen-bond donors (Lipinski definition) is 2. The molecule has 0 saturated carbocycles. The molecule has 17 heavy (non-hydrogen) atoms. The van der Waals surface area contributed by atoms with Crippen LogP contribution in [-0.4, -0.2) is 10.1 Å². The summed E-state index contributed by atoms with van der Waals surface area (Å²) in [5, 5.41) is 11.8. The van der Waals surface area contributed by atoms with Crippen molar-refractivity contribution in [3.8, 4) is 5.75 Å². The summed E-state index contributed by atoms with van der Waals surface area (Å²) in [6.45, 7) is 4.38. The van der Waals surface area contributed by atoms with Gasteiger partial charge in [-0.2, -0.15) is 0 Å². The van der Waals surface area contributed by atoms with Gasteiger partial charge in [-0.15, -0.1) is 0 Å². The number of phenols is 1. The minimum Gasteiger partial charge on any atom is -0.508 e. The first-order valence-corrected chi connectivity index (χ1v) is 5.89. The third-order valence-corrected chi connectivity index (χ3v) is 3.27. The number of fused-ring (bicyclic) bond motifs is 3. The third-order valence-electron chi connectivity index (χ3n) is 3.27. The summed E-state index contributed by atoms with van der Waals surface area (Å²) in [6.07, 6.45) is 0. The zero-order chi connectivity index (χ0) is 12.0. The summed E-state index contributed by atoms with van der Waals surface area (Å²) in [6, 6.07) is 11.9. The highest BCUT2D eigenvalue weighted by molar-refractivity contribution is 6.07. The molecule has 0 spiro atoms. The lowest BCUT2D eigenvalue weighted by molar-refractivity contribution is 0.476. The molecule has 0 aliphatic heterocycles. The molecule has 1 aromatic heterocycles. The van der Waals surface area contributed by atoms with Gasteiger partial charge in [0.05, 0.1) is 0 Å². The standard InChI is InChI=1S/C15H15NO/c1-9(2)10-3-5-14-12(7-10)13-8-11(17)4-6-15(13)16-14/h3-9,16-17H,1-2H3. The Morgan fingerprint density at radius 2 is 1.59 bits per heavy atom. The van der Waals surface area contributed by atoms with Crippen LogP contribution in [0.4, 0.5) is 0 Å². The van der Waals surface area contributed by atoms with Crippen molar-refractivity contribution in [3.63, 3.8) is 0 Å². The minimum absolute atomic E-state index is 0.313. The van der Waals surface area contributed by atoms with Gasteiger partial charge in [0.1, 0.15) is 5.75 Å². The summed E-state index contributed by atoms with van der Waals surface area (Å²) >= 11 is 0. The van der Waals surface area contributed by atoms with Crippen molar-refractivity contribution in [3.05, 3.63) is 42.0 Å². The van der Waals surface area contributed by atoms with E-state index in [1.165, 1.54) is 10.9 Å². The van der Waals surface area contributed by atoms with Crippen molar-refractivity contribution in [1.29, 1.82) is 0 Å². The molecular formula is C15H15NO. The Hall–Kier alpha value is -1.96. The van der Waals surface area contributed by atoms with Crippen molar-refractivity contribution in [1.82, 2.24) is 4.98 Å². The van der Waals surface area contributed by atoms with Gasteiger partial charge in [0, 0.05) is 21.8 Å². The molecule has 0 saturated heterocycles. The second kappa shape index (κ2) is 3.52. The highest BCUT2D eigenvalue weighted by Crippen LogP contribution is 2.30. The molecule has 2 N–H and O–H groups in total. The number of benzene rings is 2. The van der Waals surface area contributed by atoms with Crippen LogP contribution >= 0.6 is 0 Å². The first-order chi connectivity index (χ1) is 8.15. The molecule has 2 aromatic carbocycles. The first kappa shape index (κ1) is 10.2. The predicted molar refractivity (Wildman–Crippen MR) is 71.6 cm³/mol. The van der Waals surface area contributed by atoms with E-state index in [2.05, 4.69) is 37.0 Å². The summed E-state index contributed by atoms with van der Waals surface area (Å²) in [7, 11) is 0. The van der Waals surface area contributed by atoms with Crippen molar-refractivity contribution in [2.24, 2.45) is 0 Å². The zero-order valence-corrected chi connectivity index (χ0v) is 9.99. The number of rotatable bonds is 1. The maximum Gasteiger partial charge on any atom is 0.116 e. The molecule has 86 valence electrons. The highest BCUT2D eigenvalue weighted by Gasteiger charge is 2.07. The van der Waals surface area contributed by atoms with Gasteiger partial charge in [0.2, 0.25) is 0 Å². The van der Waals surface area contributed by atoms with E-state index in [9.17, 15) is 5.11 Å². The van der Waals surface area contributed by atoms with Crippen LogP contribution in [0.2, 0.25) is 0 Å². The molecule has 0 amide bonds. The topological polar surface area (TPSA) is 36.0 Å². The van der Waals surface area contributed by atoms with Crippen LogP contribution in [-0.2, 0) is 0 Å². The lowest BCUT2D eigenvalue weighted by Crippen LogP contribution is -1.85. The molecule has 2 heteroatoms. The lowest BCUT2D eigenvalue weighted by Gasteiger charge is -2.04. The van der Waals surface area contributed by atoms with E-state index in [0.717, 1.165) is 16.4 Å². The minimum atomic E-state index is 0.313. The number of aromatic amines is 1. The van der Waals surface area contributed by atoms with Crippen LogP contribution in [0.5, 0.6) is 5.75 Å². The van der Waals surface area contributed by atoms with Crippen LogP contribution in [0.1, 0.15) is 25.3 Å². The van der Waals surface area contributed by atoms with Gasteiger partial charge in [0.15, 0.2) is 0 Å². The van der Waals surface area contributed by atoms with Crippen LogP contribution in [0.25, 0.3) is 21.8 Å². The quantitative estimate of drug-likeness (QED) is 0.641. The lowest BCUT2D eigenvalue weighted by atomic mass is 10.0. The van der Waals surface area contributed by atoms with Gasteiger partial charge >= 0.3 is 0 Å². The fourth-order valence-corrected chi connectivity index (χ4v) is 2.26. The number of nitrogens with one attached hydrogen (secondary N) is 1. The van der Waals surface area contributed by atoms with Gasteiger partial charge in [-0.05, 0) is 41.8 Å². The van der Waals surface area contributed by atoms with Crippen molar-refractivity contribution >= 4 is 21.8 Å². The van der Waals surface area contributed by atoms with Gasteiger partial charge in [-0.1, -0.05) is 19.9 Å². The zero-order valence-electron chi connectivity index (χ0n) is 9.99. The molecule has 3 aromatic rings. The molecule has 0 unspecified atom stereocenters. The maximum atomic E-state index is 9.57. The Bertz CT molecular complexity index is 695. The van der Waals surface area contributed by atoms with E-state index >= 15 is 0 Å². The average Bonchev–Trinajstić information content (AvgIpc) is 2.66. The average molecular weight is 225 g/mol. The SMILES string of the molecule is CC(C)c1ccc2[nH]c3ccc(O)cc3c2c1. The van der Waals surface area contributed by atoms with Gasteiger partial charge in [-0.3, -0.25) is 0 Å². The molecule has 1 heterocycles. The molecule has 0 atom stereocenters. The van der Waals surface area contributed by atoms with Crippen molar-refractivity contribution in [2.45, 2.75) is 19.8 Å². The highest BCUT2D eigenvalue weighted by atomic mass is 16.3. The monoisotopic (exact) mass is 225 g/mol. The van der Waals surface area contributed by atoms with Crippen LogP contribution < -0.4 is 0 Å². The van der Waals surface area contributed by atoms with Crippen LogP contribution in [0.3, 0.4) is 0 Å². The number of hydrogen-bond acceptors (Lipinski definition) is 1. The predicted octanol–water partition coefficient (Wildman–Crippen LogP) is 4.15.